The van der Waals surface area contributed by atoms with Crippen LogP contribution in [0.5, 0.6) is 0 Å². The third kappa shape index (κ3) is 13.7. The van der Waals surface area contributed by atoms with Gasteiger partial charge in [-0.25, -0.2) is 9.36 Å². The summed E-state index contributed by atoms with van der Waals surface area (Å²) in [7, 11) is 2.75. The second-order valence-corrected chi connectivity index (χ2v) is 22.3. The van der Waals surface area contributed by atoms with Gasteiger partial charge in [-0.15, -0.1) is 10.2 Å². The molecule has 1 N–H and O–H groups in total. The van der Waals surface area contributed by atoms with E-state index in [4.69, 9.17) is 21.1 Å². The topological polar surface area (TPSA) is 168 Å². The van der Waals surface area contributed by atoms with Crippen LogP contribution < -0.4 is 0 Å². The molecule has 4 saturated carbocycles. The van der Waals surface area contributed by atoms with E-state index in [1.165, 1.54) is 32.8 Å². The molecule has 0 spiro atoms. The van der Waals surface area contributed by atoms with Crippen LogP contribution in [0.1, 0.15) is 214 Å². The Morgan fingerprint density at radius 1 is 0.719 bits per heavy atom. The fourth-order valence-corrected chi connectivity index (χ4v) is 10.5. The van der Waals surface area contributed by atoms with Crippen molar-refractivity contribution in [3.05, 3.63) is 57.1 Å². The zero-order valence-electron chi connectivity index (χ0n) is 39.8. The number of esters is 2. The van der Waals surface area contributed by atoms with Gasteiger partial charge in [0.15, 0.2) is 0 Å². The van der Waals surface area contributed by atoms with Crippen LogP contribution in [0, 0.1) is 29.6 Å². The minimum absolute atomic E-state index is 0.0587. The summed E-state index contributed by atoms with van der Waals surface area (Å²) in [6, 6.07) is 5.21. The average molecular weight is 906 g/mol. The fourth-order valence-electron chi connectivity index (χ4n) is 10.2. The summed E-state index contributed by atoms with van der Waals surface area (Å²) in [5, 5.41) is 28.2. The first kappa shape index (κ1) is 49.3. The van der Waals surface area contributed by atoms with Gasteiger partial charge in [-0.05, 0) is 124 Å². The van der Waals surface area contributed by atoms with Crippen molar-refractivity contribution >= 4 is 35.3 Å². The number of carboxylic acid groups (broad SMARTS) is 1. The highest BCUT2D eigenvalue weighted by Crippen LogP contribution is 2.53. The number of nitrogens with zero attached hydrogens (tertiary/aromatic N) is 6. The number of carbonyl (C=O) groups is 4. The summed E-state index contributed by atoms with van der Waals surface area (Å²) in [6.45, 7) is 15.7. The van der Waals surface area contributed by atoms with Gasteiger partial charge in [0.25, 0.3) is 0 Å². The maximum Gasteiger partial charge on any atom is 0.305 e. The van der Waals surface area contributed by atoms with Gasteiger partial charge >= 0.3 is 17.9 Å². The Balaban J connectivity index is 0.000000219. The molecular formula is C50H73ClN6O7. The Hall–Kier alpha value is -4.13. The Labute approximate surface area is 385 Å². The number of halogens is 1. The van der Waals surface area contributed by atoms with Gasteiger partial charge in [-0.2, -0.15) is 0 Å². The van der Waals surface area contributed by atoms with Crippen molar-refractivity contribution in [1.82, 2.24) is 30.0 Å². The van der Waals surface area contributed by atoms with E-state index in [1.54, 1.807) is 0 Å². The maximum atomic E-state index is 13.2. The van der Waals surface area contributed by atoms with Crippen molar-refractivity contribution in [3.63, 3.8) is 0 Å². The zero-order chi connectivity index (χ0) is 46.5. The van der Waals surface area contributed by atoms with Crippen LogP contribution in [0.3, 0.4) is 0 Å². The van der Waals surface area contributed by atoms with Crippen molar-refractivity contribution in [2.45, 2.75) is 193 Å². The van der Waals surface area contributed by atoms with E-state index in [2.05, 4.69) is 62.2 Å². The van der Waals surface area contributed by atoms with Crippen LogP contribution in [-0.4, -0.2) is 73.0 Å². The number of hydrogen-bond acceptors (Lipinski definition) is 10. The van der Waals surface area contributed by atoms with Crippen molar-refractivity contribution in [2.24, 2.45) is 22.7 Å². The molecule has 0 unspecified atom stereocenters. The number of rotatable bonds is 20. The molecule has 352 valence electrons. The quantitative estimate of drug-likeness (QED) is 0.107. The van der Waals surface area contributed by atoms with Crippen LogP contribution in [0.4, 0.5) is 0 Å². The minimum atomic E-state index is -0.887. The molecule has 2 heterocycles. The lowest BCUT2D eigenvalue weighted by Crippen LogP contribution is -2.27. The summed E-state index contributed by atoms with van der Waals surface area (Å²) in [4.78, 5) is 48.1. The molecule has 3 aromatic rings. The number of ether oxygens (including phenoxy) is 2. The predicted octanol–water partition coefficient (Wildman–Crippen LogP) is 10.8. The Bertz CT molecular complexity index is 2100. The van der Waals surface area contributed by atoms with E-state index in [0.29, 0.717) is 58.8 Å². The Kier molecular flexibility index (Phi) is 16.2. The van der Waals surface area contributed by atoms with Gasteiger partial charge in [-0.1, -0.05) is 75.7 Å². The predicted molar refractivity (Wildman–Crippen MR) is 245 cm³/mol. The first-order valence-electron chi connectivity index (χ1n) is 23.7. The number of hydrogen-bond donors (Lipinski definition) is 1. The molecule has 64 heavy (non-hydrogen) atoms. The van der Waals surface area contributed by atoms with Gasteiger partial charge in [0.05, 0.1) is 55.5 Å². The highest BCUT2D eigenvalue weighted by Gasteiger charge is 2.43. The molecule has 13 nitrogen and oxygen atoms in total. The van der Waals surface area contributed by atoms with Crippen molar-refractivity contribution < 1.29 is 33.8 Å². The highest BCUT2D eigenvalue weighted by molar-refractivity contribution is 6.31. The number of carbonyl (C=O) groups excluding carboxylic acids is 3. The standard InChI is InChI=1S/C29H40ClN3O3.C21H33N3O4/c1-18-6-7-21(25(30)12-18)15-24(34)16-23(10-11-26(35)36-5)33-28(20-8-9-20)27(31-32-33)22-13-19(14-22)17-29(2,3)4;1-21(2,3)12-13-9-15(10-13)19-20(14-5-6-14)24(23-22-19)16(11-17(25)26)7-8-18(27)28-4/h6-7,12,19-20,22-23H,8-11,13-17H2,1-5H3;13-16H,5-12H2,1-4H3,(H,25,26)/t19?,22?,23-;13?,15?,16-/m00/s1. The number of benzene rings is 1. The van der Waals surface area contributed by atoms with Crippen molar-refractivity contribution in [3.8, 4) is 0 Å². The van der Waals surface area contributed by atoms with Gasteiger partial charge < -0.3 is 14.6 Å². The summed E-state index contributed by atoms with van der Waals surface area (Å²) in [5.74, 6) is 1.84. The molecule has 0 amide bonds. The molecule has 0 aliphatic heterocycles. The first-order valence-corrected chi connectivity index (χ1v) is 24.1. The lowest BCUT2D eigenvalue weighted by molar-refractivity contribution is -0.142. The molecule has 2 aromatic heterocycles. The third-order valence-corrected chi connectivity index (χ3v) is 13.8. The first-order chi connectivity index (χ1) is 30.2. The van der Waals surface area contributed by atoms with Crippen LogP contribution >= 0.6 is 11.6 Å². The largest absolute Gasteiger partial charge is 0.481 e. The normalized spacial score (nSPS) is 21.7. The van der Waals surface area contributed by atoms with Crippen molar-refractivity contribution in [2.75, 3.05) is 14.2 Å². The third-order valence-electron chi connectivity index (χ3n) is 13.5. The molecule has 4 aliphatic carbocycles. The van der Waals surface area contributed by atoms with Gasteiger partial charge in [-0.3, -0.25) is 19.2 Å². The SMILES string of the molecule is COC(=O)CC[C@@H](CC(=O)Cc1ccc(C)cc1Cl)n1nnc(C2CC(CC(C)(C)C)C2)c1C1CC1.COC(=O)CC[C@@H](CC(=O)O)n1nnc(C2CC(CC(C)(C)C)C2)c1C1CC1. The molecule has 0 saturated heterocycles. The lowest BCUT2D eigenvalue weighted by atomic mass is 9.67. The number of methoxy groups -OCH3 is 2. The summed E-state index contributed by atoms with van der Waals surface area (Å²) < 4.78 is 13.4. The van der Waals surface area contributed by atoms with Gasteiger partial charge in [0.1, 0.15) is 5.78 Å². The van der Waals surface area contributed by atoms with Crippen LogP contribution in [0.25, 0.3) is 0 Å². The number of carboxylic acids is 1. The Morgan fingerprint density at radius 3 is 1.53 bits per heavy atom. The number of aromatic nitrogens is 6. The summed E-state index contributed by atoms with van der Waals surface area (Å²) in [5.41, 5.74) is 7.10. The highest BCUT2D eigenvalue weighted by atomic mass is 35.5. The minimum Gasteiger partial charge on any atom is -0.481 e. The van der Waals surface area contributed by atoms with Crippen LogP contribution in [0.15, 0.2) is 18.2 Å². The molecule has 4 aliphatic rings. The maximum absolute atomic E-state index is 13.2. The van der Waals surface area contributed by atoms with Crippen molar-refractivity contribution in [1.29, 1.82) is 0 Å². The molecule has 14 heteroatoms. The zero-order valence-corrected chi connectivity index (χ0v) is 40.6. The lowest BCUT2D eigenvalue weighted by Gasteiger charge is -2.38. The van der Waals surface area contributed by atoms with E-state index in [1.807, 2.05) is 34.5 Å². The second-order valence-electron chi connectivity index (χ2n) is 21.9. The van der Waals surface area contributed by atoms with E-state index < -0.39 is 5.97 Å². The molecule has 2 atom stereocenters. The number of Topliss-reactive ketones (excluding diaryl/α,β-unsaturated/α-hetero) is 1. The average Bonchev–Trinajstić information content (AvgIpc) is 4.13. The number of aryl methyl sites for hydroxylation is 1. The van der Waals surface area contributed by atoms with Crippen LogP contribution in [-0.2, 0) is 35.1 Å². The second kappa shape index (κ2) is 21.0. The monoisotopic (exact) mass is 905 g/mol. The van der Waals surface area contributed by atoms with Gasteiger partial charge in [0, 0.05) is 54.4 Å². The van der Waals surface area contributed by atoms with E-state index in [-0.39, 0.29) is 55.5 Å². The van der Waals surface area contributed by atoms with Crippen LogP contribution in [0.2, 0.25) is 5.02 Å². The van der Waals surface area contributed by atoms with E-state index >= 15 is 0 Å². The summed E-state index contributed by atoms with van der Waals surface area (Å²) >= 11 is 6.40. The molecule has 0 radical (unpaired) electrons. The molecule has 0 bridgehead atoms. The number of aliphatic carboxylic acids is 1. The van der Waals surface area contributed by atoms with E-state index in [9.17, 15) is 24.3 Å². The fraction of sp³-hybridized carbons (Fsp3) is 0.720. The van der Waals surface area contributed by atoms with E-state index in [0.717, 1.165) is 91.4 Å². The smallest absolute Gasteiger partial charge is 0.305 e. The molecule has 4 fully saturated rings. The Morgan fingerprint density at radius 2 is 1.16 bits per heavy atom. The number of ketones is 1. The van der Waals surface area contributed by atoms with Gasteiger partial charge in [0.2, 0.25) is 0 Å². The summed E-state index contributed by atoms with van der Waals surface area (Å²) in [6.07, 6.45) is 13.4. The molecular weight excluding hydrogens is 832 g/mol. The molecule has 7 rings (SSSR count). The molecule has 1 aromatic carbocycles.